The molecule has 0 radical (unpaired) electrons. The second-order valence-electron chi connectivity index (χ2n) is 3.97. The van der Waals surface area contributed by atoms with Gasteiger partial charge in [0.15, 0.2) is 11.0 Å². The molecule has 1 aromatic heterocycles. The van der Waals surface area contributed by atoms with Crippen molar-refractivity contribution < 1.29 is 0 Å². The molecule has 3 nitrogen and oxygen atoms in total. The lowest BCUT2D eigenvalue weighted by Gasteiger charge is -2.06. The van der Waals surface area contributed by atoms with Gasteiger partial charge < -0.3 is 5.73 Å². The van der Waals surface area contributed by atoms with Gasteiger partial charge in [-0.15, -0.1) is 10.2 Å². The summed E-state index contributed by atoms with van der Waals surface area (Å²) >= 11 is 5.67. The Morgan fingerprint density at radius 2 is 2.00 bits per heavy atom. The van der Waals surface area contributed by atoms with Crippen LogP contribution in [-0.4, -0.2) is 10.2 Å². The predicted molar refractivity (Wildman–Crippen MR) is 57.8 cm³/mol. The van der Waals surface area contributed by atoms with Crippen LogP contribution in [0.1, 0.15) is 26.3 Å². The van der Waals surface area contributed by atoms with E-state index in [1.807, 2.05) is 20.8 Å². The van der Waals surface area contributed by atoms with Crippen molar-refractivity contribution in [3.05, 3.63) is 16.8 Å². The Morgan fingerprint density at radius 3 is 2.57 bits per heavy atom. The van der Waals surface area contributed by atoms with Gasteiger partial charge in [-0.1, -0.05) is 23.4 Å². The first-order valence-electron chi connectivity index (χ1n) is 4.20. The van der Waals surface area contributed by atoms with Crippen molar-refractivity contribution >= 4 is 17.4 Å². The van der Waals surface area contributed by atoms with Crippen molar-refractivity contribution in [3.63, 3.8) is 0 Å². The van der Waals surface area contributed by atoms with E-state index in [-0.39, 0.29) is 5.41 Å². The molecule has 1 aromatic rings. The molecule has 0 aromatic carbocycles. The highest BCUT2D eigenvalue weighted by molar-refractivity contribution is 6.29. The van der Waals surface area contributed by atoms with E-state index in [2.05, 4.69) is 22.0 Å². The van der Waals surface area contributed by atoms with Crippen LogP contribution in [0.2, 0.25) is 5.15 Å². The fraction of sp³-hybridized carbons (Fsp3) is 0.400. The zero-order chi connectivity index (χ0) is 10.8. The summed E-state index contributed by atoms with van der Waals surface area (Å²) in [5.74, 6) is 6.29. The lowest BCUT2D eigenvalue weighted by Crippen LogP contribution is -2.01. The van der Waals surface area contributed by atoms with Crippen LogP contribution >= 0.6 is 11.6 Å². The monoisotopic (exact) mass is 209 g/mol. The van der Waals surface area contributed by atoms with E-state index in [0.717, 1.165) is 0 Å². The number of nitrogens with zero attached hydrogens (tertiary/aromatic N) is 2. The molecule has 0 aliphatic rings. The largest absolute Gasteiger partial charge is 0.381 e. The summed E-state index contributed by atoms with van der Waals surface area (Å²) in [6.45, 7) is 6.06. The van der Waals surface area contributed by atoms with Crippen molar-refractivity contribution in [1.82, 2.24) is 10.2 Å². The number of anilines is 1. The fourth-order valence-corrected chi connectivity index (χ4v) is 0.879. The Bertz CT molecular complexity index is 396. The molecule has 0 saturated carbocycles. The number of hydrogen-bond acceptors (Lipinski definition) is 3. The van der Waals surface area contributed by atoms with Crippen LogP contribution in [0.25, 0.3) is 0 Å². The fourth-order valence-electron chi connectivity index (χ4n) is 0.732. The van der Waals surface area contributed by atoms with Gasteiger partial charge in [0.25, 0.3) is 0 Å². The second kappa shape index (κ2) is 3.85. The van der Waals surface area contributed by atoms with Crippen molar-refractivity contribution in [2.24, 2.45) is 5.41 Å². The molecule has 2 N–H and O–H groups in total. The third kappa shape index (κ3) is 3.23. The highest BCUT2D eigenvalue weighted by Crippen LogP contribution is 2.14. The SMILES string of the molecule is CC(C)(C)C#Cc1cc(Cl)nnc1N. The van der Waals surface area contributed by atoms with Crippen molar-refractivity contribution in [3.8, 4) is 11.8 Å². The number of rotatable bonds is 0. The van der Waals surface area contributed by atoms with Crippen LogP contribution in [-0.2, 0) is 0 Å². The van der Waals surface area contributed by atoms with Gasteiger partial charge in [0.1, 0.15) is 0 Å². The smallest absolute Gasteiger partial charge is 0.162 e. The molecule has 14 heavy (non-hydrogen) atoms. The summed E-state index contributed by atoms with van der Waals surface area (Å²) in [6, 6.07) is 1.61. The number of hydrogen-bond donors (Lipinski definition) is 1. The zero-order valence-electron chi connectivity index (χ0n) is 8.43. The van der Waals surface area contributed by atoms with Gasteiger partial charge in [-0.05, 0) is 26.8 Å². The minimum Gasteiger partial charge on any atom is -0.381 e. The van der Waals surface area contributed by atoms with E-state index in [0.29, 0.717) is 16.5 Å². The van der Waals surface area contributed by atoms with Gasteiger partial charge in [0.05, 0.1) is 5.56 Å². The third-order valence-corrected chi connectivity index (χ3v) is 1.55. The normalized spacial score (nSPS) is 10.6. The molecule has 0 atom stereocenters. The maximum absolute atomic E-state index is 5.67. The Labute approximate surface area is 88.7 Å². The molecule has 0 fully saturated rings. The number of aromatic nitrogens is 2. The summed E-state index contributed by atoms with van der Waals surface area (Å²) in [4.78, 5) is 0. The van der Waals surface area contributed by atoms with Gasteiger partial charge in [-0.25, -0.2) is 0 Å². The maximum atomic E-state index is 5.67. The van der Waals surface area contributed by atoms with E-state index in [4.69, 9.17) is 17.3 Å². The highest BCUT2D eigenvalue weighted by Gasteiger charge is 2.05. The van der Waals surface area contributed by atoms with Gasteiger partial charge >= 0.3 is 0 Å². The molecule has 0 aliphatic heterocycles. The first-order chi connectivity index (χ1) is 6.38. The van der Waals surface area contributed by atoms with Crippen molar-refractivity contribution in [2.45, 2.75) is 20.8 Å². The summed E-state index contributed by atoms with van der Waals surface area (Å²) in [7, 11) is 0. The Hall–Kier alpha value is -1.27. The molecule has 0 aliphatic carbocycles. The molecule has 4 heteroatoms. The Morgan fingerprint density at radius 1 is 1.36 bits per heavy atom. The number of halogens is 1. The minimum atomic E-state index is -0.0673. The summed E-state index contributed by atoms with van der Waals surface area (Å²) in [6.07, 6.45) is 0. The van der Waals surface area contributed by atoms with Gasteiger partial charge in [0, 0.05) is 5.41 Å². The molecule has 0 bridgehead atoms. The maximum Gasteiger partial charge on any atom is 0.162 e. The summed E-state index contributed by atoms with van der Waals surface area (Å²) in [5.41, 5.74) is 6.14. The molecular weight excluding hydrogens is 198 g/mol. The van der Waals surface area contributed by atoms with Crippen LogP contribution in [0.3, 0.4) is 0 Å². The average Bonchev–Trinajstić information content (AvgIpc) is 2.05. The molecule has 0 spiro atoms. The van der Waals surface area contributed by atoms with Crippen LogP contribution in [0.4, 0.5) is 5.82 Å². The predicted octanol–water partition coefficient (Wildman–Crippen LogP) is 2.11. The first-order valence-corrected chi connectivity index (χ1v) is 4.58. The molecule has 74 valence electrons. The van der Waals surface area contributed by atoms with E-state index >= 15 is 0 Å². The minimum absolute atomic E-state index is 0.0673. The van der Waals surface area contributed by atoms with Crippen molar-refractivity contribution in [1.29, 1.82) is 0 Å². The quantitative estimate of drug-likeness (QED) is 0.666. The van der Waals surface area contributed by atoms with Gasteiger partial charge in [-0.3, -0.25) is 0 Å². The number of nitrogen functional groups attached to an aromatic ring is 1. The van der Waals surface area contributed by atoms with Crippen LogP contribution < -0.4 is 5.73 Å². The third-order valence-electron chi connectivity index (χ3n) is 1.36. The standard InChI is InChI=1S/C10H12ClN3/c1-10(2,3)5-4-7-6-8(11)13-14-9(7)12/h6H,1-3H3,(H2,12,14). The summed E-state index contributed by atoms with van der Waals surface area (Å²) < 4.78 is 0. The topological polar surface area (TPSA) is 51.8 Å². The van der Waals surface area contributed by atoms with Crippen molar-refractivity contribution in [2.75, 3.05) is 5.73 Å². The molecule has 0 saturated heterocycles. The van der Waals surface area contributed by atoms with E-state index < -0.39 is 0 Å². The molecular formula is C10H12ClN3. The average molecular weight is 210 g/mol. The van der Waals surface area contributed by atoms with Crippen LogP contribution in [0.15, 0.2) is 6.07 Å². The van der Waals surface area contributed by atoms with Crippen LogP contribution in [0, 0.1) is 17.3 Å². The lowest BCUT2D eigenvalue weighted by molar-refractivity contribution is 0.571. The Balaban J connectivity index is 3.06. The summed E-state index contributed by atoms with van der Waals surface area (Å²) in [5, 5.41) is 7.58. The van der Waals surface area contributed by atoms with E-state index in [1.165, 1.54) is 0 Å². The van der Waals surface area contributed by atoms with Crippen LogP contribution in [0.5, 0.6) is 0 Å². The highest BCUT2D eigenvalue weighted by atomic mass is 35.5. The zero-order valence-corrected chi connectivity index (χ0v) is 9.18. The second-order valence-corrected chi connectivity index (χ2v) is 4.35. The molecule has 1 rings (SSSR count). The van der Waals surface area contributed by atoms with Gasteiger partial charge in [0.2, 0.25) is 0 Å². The van der Waals surface area contributed by atoms with E-state index in [1.54, 1.807) is 6.07 Å². The lowest BCUT2D eigenvalue weighted by atomic mass is 9.97. The first kappa shape index (κ1) is 10.8. The molecule has 1 heterocycles. The number of nitrogens with two attached hydrogens (primary N) is 1. The molecule has 0 amide bonds. The van der Waals surface area contributed by atoms with E-state index in [9.17, 15) is 0 Å². The van der Waals surface area contributed by atoms with Gasteiger partial charge in [-0.2, -0.15) is 0 Å². The molecule has 0 unspecified atom stereocenters. The Kier molecular flexibility index (Phi) is 2.97.